The van der Waals surface area contributed by atoms with Gasteiger partial charge in [-0.05, 0) is 37.1 Å². The predicted octanol–water partition coefficient (Wildman–Crippen LogP) is 3.93. The van der Waals surface area contributed by atoms with Gasteiger partial charge in [-0.1, -0.05) is 41.4 Å². The van der Waals surface area contributed by atoms with Gasteiger partial charge in [0.2, 0.25) is 0 Å². The van der Waals surface area contributed by atoms with Crippen molar-refractivity contribution in [3.8, 4) is 0 Å². The Morgan fingerprint density at radius 2 is 2.28 bits per heavy atom. The van der Waals surface area contributed by atoms with Crippen LogP contribution in [-0.4, -0.2) is 25.7 Å². The minimum atomic E-state index is 0.636. The topological polar surface area (TPSA) is 15.3 Å². The highest BCUT2D eigenvalue weighted by Gasteiger charge is 2.26. The first-order valence-electron chi connectivity index (χ1n) is 6.55. The van der Waals surface area contributed by atoms with Gasteiger partial charge in [0.05, 0.1) is 10.7 Å². The second-order valence-electron chi connectivity index (χ2n) is 4.97. The highest BCUT2D eigenvalue weighted by molar-refractivity contribution is 9.10. The van der Waals surface area contributed by atoms with Gasteiger partial charge >= 0.3 is 0 Å². The van der Waals surface area contributed by atoms with Gasteiger partial charge in [0.15, 0.2) is 0 Å². The Balaban J connectivity index is 2.10. The number of halogens is 2. The molecule has 2 atom stereocenters. The maximum Gasteiger partial charge on any atom is 0.0640 e. The lowest BCUT2D eigenvalue weighted by molar-refractivity contribution is 0.327. The predicted molar refractivity (Wildman–Crippen MR) is 82.6 cm³/mol. The monoisotopic (exact) mass is 330 g/mol. The van der Waals surface area contributed by atoms with Crippen LogP contribution in [0.3, 0.4) is 0 Å². The lowest BCUT2D eigenvalue weighted by atomic mass is 9.93. The number of nitrogens with zero attached hydrogens (tertiary/aromatic N) is 1. The summed E-state index contributed by atoms with van der Waals surface area (Å²) in [5.74, 6) is 0.647. The molecule has 0 aromatic heterocycles. The van der Waals surface area contributed by atoms with Gasteiger partial charge in [-0.3, -0.25) is 0 Å². The van der Waals surface area contributed by atoms with Crippen molar-refractivity contribution in [2.24, 2.45) is 5.92 Å². The second-order valence-corrected chi connectivity index (χ2v) is 6.29. The number of anilines is 1. The molecule has 1 aliphatic rings. The van der Waals surface area contributed by atoms with Crippen molar-refractivity contribution in [3.63, 3.8) is 0 Å². The third-order valence-corrected chi connectivity index (χ3v) is 4.43. The SMILES string of the molecule is CCNC1CCN(c2cc(Br)ccc2Cl)CC1C. The summed E-state index contributed by atoms with van der Waals surface area (Å²) in [5, 5.41) is 4.40. The van der Waals surface area contributed by atoms with Crippen molar-refractivity contribution in [1.82, 2.24) is 5.32 Å². The summed E-state index contributed by atoms with van der Waals surface area (Å²) in [5.41, 5.74) is 1.15. The van der Waals surface area contributed by atoms with Gasteiger partial charge in [0.25, 0.3) is 0 Å². The Hall–Kier alpha value is -0.250. The van der Waals surface area contributed by atoms with E-state index in [1.165, 1.54) is 6.42 Å². The fourth-order valence-electron chi connectivity index (χ4n) is 2.66. The molecule has 2 nitrogen and oxygen atoms in total. The maximum atomic E-state index is 6.30. The van der Waals surface area contributed by atoms with Crippen LogP contribution >= 0.6 is 27.5 Å². The van der Waals surface area contributed by atoms with Gasteiger partial charge in [-0.15, -0.1) is 0 Å². The summed E-state index contributed by atoms with van der Waals surface area (Å²) < 4.78 is 1.09. The zero-order valence-corrected chi connectivity index (χ0v) is 13.3. The average molecular weight is 332 g/mol. The minimum Gasteiger partial charge on any atom is -0.370 e. The molecule has 1 heterocycles. The van der Waals surface area contributed by atoms with Crippen molar-refractivity contribution in [2.45, 2.75) is 26.3 Å². The lowest BCUT2D eigenvalue weighted by Gasteiger charge is -2.39. The fourth-order valence-corrected chi connectivity index (χ4v) is 3.24. The molecule has 1 aromatic rings. The first-order valence-corrected chi connectivity index (χ1v) is 7.72. The average Bonchev–Trinajstić information content (AvgIpc) is 2.35. The van der Waals surface area contributed by atoms with E-state index in [-0.39, 0.29) is 0 Å². The van der Waals surface area contributed by atoms with Crippen molar-refractivity contribution in [2.75, 3.05) is 24.5 Å². The molecule has 0 saturated carbocycles. The molecule has 2 unspecified atom stereocenters. The number of nitrogens with one attached hydrogen (secondary N) is 1. The molecule has 1 N–H and O–H groups in total. The van der Waals surface area contributed by atoms with Crippen LogP contribution in [0.5, 0.6) is 0 Å². The molecule has 1 aliphatic heterocycles. The maximum absolute atomic E-state index is 6.30. The fraction of sp³-hybridized carbons (Fsp3) is 0.571. The molecule has 18 heavy (non-hydrogen) atoms. The molecule has 0 aliphatic carbocycles. The molecular weight excluding hydrogens is 312 g/mol. The third kappa shape index (κ3) is 3.19. The summed E-state index contributed by atoms with van der Waals surface area (Å²) >= 11 is 9.81. The van der Waals surface area contributed by atoms with Crippen LogP contribution in [-0.2, 0) is 0 Å². The summed E-state index contributed by atoms with van der Waals surface area (Å²) in [4.78, 5) is 2.39. The Kier molecular flexibility index (Phi) is 4.93. The summed E-state index contributed by atoms with van der Waals surface area (Å²) in [6.45, 7) is 7.66. The molecule has 100 valence electrons. The standard InChI is InChI=1S/C14H20BrClN2/c1-3-17-13-6-7-18(9-10(13)2)14-8-11(15)4-5-12(14)16/h4-5,8,10,13,17H,3,6-7,9H2,1-2H3. The molecule has 1 fully saturated rings. The first kappa shape index (κ1) is 14.2. The summed E-state index contributed by atoms with van der Waals surface area (Å²) in [6.07, 6.45) is 1.18. The van der Waals surface area contributed by atoms with E-state index in [9.17, 15) is 0 Å². The molecule has 0 spiro atoms. The number of hydrogen-bond donors (Lipinski definition) is 1. The van der Waals surface area contributed by atoms with Crippen LogP contribution in [0.25, 0.3) is 0 Å². The molecule has 0 amide bonds. The normalized spacial score (nSPS) is 24.3. The smallest absolute Gasteiger partial charge is 0.0640 e. The number of rotatable bonds is 3. The van der Waals surface area contributed by atoms with Crippen molar-refractivity contribution >= 4 is 33.2 Å². The number of piperidine rings is 1. The largest absolute Gasteiger partial charge is 0.370 e. The van der Waals surface area contributed by atoms with E-state index in [1.807, 2.05) is 12.1 Å². The molecule has 1 aromatic carbocycles. The molecular formula is C14H20BrClN2. The zero-order valence-electron chi connectivity index (χ0n) is 10.9. The molecule has 1 saturated heterocycles. The molecule has 2 rings (SSSR count). The Morgan fingerprint density at radius 3 is 2.94 bits per heavy atom. The summed E-state index contributed by atoms with van der Waals surface area (Å²) in [7, 11) is 0. The Labute approximate surface area is 123 Å². The van der Waals surface area contributed by atoms with Gasteiger partial charge in [0.1, 0.15) is 0 Å². The first-order chi connectivity index (χ1) is 8.61. The van der Waals surface area contributed by atoms with E-state index in [1.54, 1.807) is 0 Å². The van der Waals surface area contributed by atoms with Crippen LogP contribution < -0.4 is 10.2 Å². The van der Waals surface area contributed by atoms with Crippen LogP contribution in [0.4, 0.5) is 5.69 Å². The molecule has 4 heteroatoms. The Bertz CT molecular complexity index is 411. The lowest BCUT2D eigenvalue weighted by Crippen LogP contribution is -2.48. The van der Waals surface area contributed by atoms with E-state index in [2.05, 4.69) is 46.1 Å². The minimum absolute atomic E-state index is 0.636. The third-order valence-electron chi connectivity index (χ3n) is 3.62. The van der Waals surface area contributed by atoms with Crippen molar-refractivity contribution < 1.29 is 0 Å². The van der Waals surface area contributed by atoms with E-state index in [0.29, 0.717) is 12.0 Å². The second kappa shape index (κ2) is 6.27. The van der Waals surface area contributed by atoms with Crippen LogP contribution in [0.2, 0.25) is 5.02 Å². The number of benzene rings is 1. The highest BCUT2D eigenvalue weighted by atomic mass is 79.9. The van der Waals surface area contributed by atoms with Crippen LogP contribution in [0.15, 0.2) is 22.7 Å². The van der Waals surface area contributed by atoms with Gasteiger partial charge in [0, 0.05) is 23.6 Å². The molecule has 0 radical (unpaired) electrons. The van der Waals surface area contributed by atoms with Crippen LogP contribution in [0.1, 0.15) is 20.3 Å². The van der Waals surface area contributed by atoms with E-state index < -0.39 is 0 Å². The van der Waals surface area contributed by atoms with Crippen LogP contribution in [0, 0.1) is 5.92 Å². The quantitative estimate of drug-likeness (QED) is 0.903. The van der Waals surface area contributed by atoms with Crippen molar-refractivity contribution in [3.05, 3.63) is 27.7 Å². The van der Waals surface area contributed by atoms with E-state index in [0.717, 1.165) is 34.8 Å². The number of hydrogen-bond acceptors (Lipinski definition) is 2. The zero-order chi connectivity index (χ0) is 13.1. The van der Waals surface area contributed by atoms with Crippen molar-refractivity contribution in [1.29, 1.82) is 0 Å². The Morgan fingerprint density at radius 1 is 1.50 bits per heavy atom. The van der Waals surface area contributed by atoms with E-state index in [4.69, 9.17) is 11.6 Å². The van der Waals surface area contributed by atoms with Gasteiger partial charge < -0.3 is 10.2 Å². The highest BCUT2D eigenvalue weighted by Crippen LogP contribution is 2.32. The van der Waals surface area contributed by atoms with Gasteiger partial charge in [-0.2, -0.15) is 0 Å². The van der Waals surface area contributed by atoms with Gasteiger partial charge in [-0.25, -0.2) is 0 Å². The van der Waals surface area contributed by atoms with E-state index >= 15 is 0 Å². The summed E-state index contributed by atoms with van der Waals surface area (Å²) in [6, 6.07) is 6.70. The molecule has 0 bridgehead atoms.